The van der Waals surface area contributed by atoms with Crippen molar-refractivity contribution in [2.24, 2.45) is 0 Å². The number of benzene rings is 1. The molecule has 1 N–H and O–H groups in total. The van der Waals surface area contributed by atoms with Crippen LogP contribution in [0.15, 0.2) is 34.1 Å². The minimum absolute atomic E-state index is 0.0203. The Labute approximate surface area is 137 Å². The molecule has 128 valence electrons. The fourth-order valence-corrected chi connectivity index (χ4v) is 5.13. The molecule has 0 aromatic heterocycles. The second-order valence-corrected chi connectivity index (χ2v) is 8.89. The van der Waals surface area contributed by atoms with Gasteiger partial charge in [0.2, 0.25) is 10.0 Å². The van der Waals surface area contributed by atoms with E-state index >= 15 is 0 Å². The van der Waals surface area contributed by atoms with Crippen LogP contribution in [0, 0.1) is 0 Å². The van der Waals surface area contributed by atoms with E-state index in [9.17, 15) is 21.6 Å². The fraction of sp³-hybridized carbons (Fsp3) is 0.571. The number of alkyl halides is 3. The Hall–Kier alpha value is -0.770. The Bertz CT molecular complexity index is 662. The number of rotatable bonds is 3. The van der Waals surface area contributed by atoms with E-state index in [1.807, 2.05) is 0 Å². The van der Waals surface area contributed by atoms with Gasteiger partial charge in [0.15, 0.2) is 0 Å². The van der Waals surface area contributed by atoms with Crippen molar-refractivity contribution < 1.29 is 21.6 Å². The molecule has 4 nitrogen and oxygen atoms in total. The van der Waals surface area contributed by atoms with Crippen LogP contribution in [-0.2, 0) is 10.0 Å². The highest BCUT2D eigenvalue weighted by Crippen LogP contribution is 2.37. The van der Waals surface area contributed by atoms with E-state index in [0.717, 1.165) is 19.3 Å². The Kier molecular flexibility index (Phi) is 4.65. The lowest BCUT2D eigenvalue weighted by Gasteiger charge is -2.23. The zero-order valence-corrected chi connectivity index (χ0v) is 13.8. The highest BCUT2D eigenvalue weighted by Gasteiger charge is 2.35. The number of halogens is 3. The van der Waals surface area contributed by atoms with Crippen molar-refractivity contribution in [2.75, 3.05) is 13.1 Å². The van der Waals surface area contributed by atoms with Gasteiger partial charge in [-0.15, -0.1) is 0 Å². The first-order chi connectivity index (χ1) is 10.7. The van der Waals surface area contributed by atoms with Gasteiger partial charge in [-0.05, 0) is 55.3 Å². The monoisotopic (exact) mass is 366 g/mol. The maximum Gasteiger partial charge on any atom is 0.446 e. The number of nitrogens with zero attached hydrogens (tertiary/aromatic N) is 1. The third kappa shape index (κ3) is 4.01. The number of nitrogens with one attached hydrogen (secondary N) is 1. The molecule has 2 heterocycles. The van der Waals surface area contributed by atoms with Crippen LogP contribution in [0.1, 0.15) is 19.3 Å². The quantitative estimate of drug-likeness (QED) is 0.836. The molecule has 3 rings (SSSR count). The van der Waals surface area contributed by atoms with Gasteiger partial charge >= 0.3 is 5.51 Å². The van der Waals surface area contributed by atoms with Gasteiger partial charge in [0.25, 0.3) is 0 Å². The van der Waals surface area contributed by atoms with Gasteiger partial charge in [0.1, 0.15) is 0 Å². The summed E-state index contributed by atoms with van der Waals surface area (Å²) in [6, 6.07) is 5.43. The van der Waals surface area contributed by atoms with Crippen LogP contribution in [0.3, 0.4) is 0 Å². The first-order valence-corrected chi connectivity index (χ1v) is 9.62. The minimum atomic E-state index is -4.38. The number of thioether (sulfide) groups is 1. The predicted molar refractivity (Wildman–Crippen MR) is 81.7 cm³/mol. The molecular formula is C14H17F3N2O2S2. The smallest absolute Gasteiger partial charge is 0.310 e. The van der Waals surface area contributed by atoms with Crippen LogP contribution < -0.4 is 5.32 Å². The molecule has 1 aromatic carbocycles. The summed E-state index contributed by atoms with van der Waals surface area (Å²) < 4.78 is 63.8. The zero-order valence-electron chi connectivity index (χ0n) is 12.2. The van der Waals surface area contributed by atoms with Gasteiger partial charge in [-0.2, -0.15) is 17.5 Å². The van der Waals surface area contributed by atoms with E-state index in [-0.39, 0.29) is 27.6 Å². The Morgan fingerprint density at radius 1 is 1.09 bits per heavy atom. The molecule has 9 heteroatoms. The summed E-state index contributed by atoms with van der Waals surface area (Å²) in [6.45, 7) is 0.855. The molecule has 0 amide bonds. The minimum Gasteiger partial charge on any atom is -0.310 e. The molecule has 23 heavy (non-hydrogen) atoms. The molecule has 0 aliphatic carbocycles. The van der Waals surface area contributed by atoms with Crippen molar-refractivity contribution in [1.29, 1.82) is 0 Å². The van der Waals surface area contributed by atoms with E-state index in [1.54, 1.807) is 0 Å². The SMILES string of the molecule is O=S(=O)(c1ccc(SC(F)(F)F)cc1)N1CCC2CCC(C1)N2. The predicted octanol–water partition coefficient (Wildman–Crippen LogP) is 2.81. The number of hydrogen-bond donors (Lipinski definition) is 1. The lowest BCUT2D eigenvalue weighted by Crippen LogP contribution is -2.39. The molecule has 2 saturated heterocycles. The number of sulfonamides is 1. The number of fused-ring (bicyclic) bond motifs is 2. The first-order valence-electron chi connectivity index (χ1n) is 7.36. The Morgan fingerprint density at radius 3 is 2.39 bits per heavy atom. The first kappa shape index (κ1) is 17.1. The topological polar surface area (TPSA) is 49.4 Å². The normalized spacial score (nSPS) is 26.2. The molecule has 2 atom stereocenters. The molecule has 2 bridgehead atoms. The van der Waals surface area contributed by atoms with Gasteiger partial charge in [-0.1, -0.05) is 0 Å². The van der Waals surface area contributed by atoms with Crippen molar-refractivity contribution >= 4 is 21.8 Å². The highest BCUT2D eigenvalue weighted by atomic mass is 32.2. The van der Waals surface area contributed by atoms with Crippen LogP contribution in [0.4, 0.5) is 13.2 Å². The molecule has 0 saturated carbocycles. The Morgan fingerprint density at radius 2 is 1.74 bits per heavy atom. The van der Waals surface area contributed by atoms with Crippen molar-refractivity contribution in [3.63, 3.8) is 0 Å². The fourth-order valence-electron chi connectivity index (χ4n) is 3.09. The summed E-state index contributed by atoms with van der Waals surface area (Å²) in [6.07, 6.45) is 2.79. The third-order valence-corrected chi connectivity index (χ3v) is 6.80. The molecule has 2 fully saturated rings. The van der Waals surface area contributed by atoms with Crippen molar-refractivity contribution in [2.45, 2.75) is 46.6 Å². The zero-order chi connectivity index (χ0) is 16.7. The molecule has 0 radical (unpaired) electrons. The molecule has 2 aliphatic rings. The standard InChI is InChI=1S/C14H17F3N2O2S2/c15-14(16,17)22-12-3-5-13(6-4-12)23(20,21)19-8-7-10-1-2-11(9-19)18-10/h3-6,10-11,18H,1-2,7-9H2. The molecule has 0 spiro atoms. The van der Waals surface area contributed by atoms with E-state index < -0.39 is 15.5 Å². The summed E-state index contributed by atoms with van der Waals surface area (Å²) in [7, 11) is -3.67. The van der Waals surface area contributed by atoms with Crippen LogP contribution in [0.2, 0.25) is 0 Å². The summed E-state index contributed by atoms with van der Waals surface area (Å²) >= 11 is -0.250. The van der Waals surface area contributed by atoms with Crippen LogP contribution in [-0.4, -0.2) is 43.4 Å². The van der Waals surface area contributed by atoms with Crippen molar-refractivity contribution in [1.82, 2.24) is 9.62 Å². The van der Waals surface area contributed by atoms with Crippen molar-refractivity contribution in [3.8, 4) is 0 Å². The lowest BCUT2D eigenvalue weighted by molar-refractivity contribution is -0.0328. The van der Waals surface area contributed by atoms with E-state index in [0.29, 0.717) is 19.1 Å². The summed E-state index contributed by atoms with van der Waals surface area (Å²) in [5.74, 6) is 0. The van der Waals surface area contributed by atoms with Crippen LogP contribution in [0.25, 0.3) is 0 Å². The van der Waals surface area contributed by atoms with Crippen LogP contribution in [0.5, 0.6) is 0 Å². The summed E-state index contributed by atoms with van der Waals surface area (Å²) in [4.78, 5) is 0.0230. The molecule has 2 aliphatic heterocycles. The van der Waals surface area contributed by atoms with Gasteiger partial charge in [0, 0.05) is 30.1 Å². The molecule has 2 unspecified atom stereocenters. The highest BCUT2D eigenvalue weighted by molar-refractivity contribution is 8.00. The van der Waals surface area contributed by atoms with E-state index in [1.165, 1.54) is 28.6 Å². The average molecular weight is 366 g/mol. The summed E-state index contributed by atoms with van der Waals surface area (Å²) in [5, 5.41) is 3.41. The second kappa shape index (κ2) is 6.27. The van der Waals surface area contributed by atoms with Gasteiger partial charge in [-0.3, -0.25) is 0 Å². The average Bonchev–Trinajstić information content (AvgIpc) is 2.76. The largest absolute Gasteiger partial charge is 0.446 e. The lowest BCUT2D eigenvalue weighted by atomic mass is 10.1. The van der Waals surface area contributed by atoms with Crippen molar-refractivity contribution in [3.05, 3.63) is 24.3 Å². The summed E-state index contributed by atoms with van der Waals surface area (Å²) in [5.41, 5.74) is -4.38. The van der Waals surface area contributed by atoms with Crippen LogP contribution >= 0.6 is 11.8 Å². The number of hydrogen-bond acceptors (Lipinski definition) is 4. The maximum absolute atomic E-state index is 12.7. The molecular weight excluding hydrogens is 349 g/mol. The second-order valence-electron chi connectivity index (χ2n) is 5.81. The Balaban J connectivity index is 1.76. The maximum atomic E-state index is 12.7. The van der Waals surface area contributed by atoms with E-state index in [2.05, 4.69) is 5.32 Å². The van der Waals surface area contributed by atoms with E-state index in [4.69, 9.17) is 0 Å². The van der Waals surface area contributed by atoms with Gasteiger partial charge in [0.05, 0.1) is 4.90 Å². The molecule has 1 aromatic rings. The third-order valence-electron chi connectivity index (χ3n) is 4.18. The van der Waals surface area contributed by atoms with Gasteiger partial charge in [-0.25, -0.2) is 8.42 Å². The van der Waals surface area contributed by atoms with Gasteiger partial charge < -0.3 is 5.32 Å².